The van der Waals surface area contributed by atoms with Crippen molar-refractivity contribution in [1.82, 2.24) is 0 Å². The molecule has 0 aromatic heterocycles. The molecule has 0 amide bonds. The molecule has 0 aliphatic rings. The third kappa shape index (κ3) is 5.05. The van der Waals surface area contributed by atoms with E-state index in [-0.39, 0.29) is 0 Å². The first-order valence-corrected chi connectivity index (χ1v) is 5.51. The van der Waals surface area contributed by atoms with Gasteiger partial charge in [0.1, 0.15) is 0 Å². The van der Waals surface area contributed by atoms with E-state index in [2.05, 4.69) is 55.2 Å². The first-order valence-electron chi connectivity index (χ1n) is 4.93. The molecule has 1 unspecified atom stereocenters. The summed E-state index contributed by atoms with van der Waals surface area (Å²) in [5.41, 5.74) is 2.71. The SMILES string of the molecule is CCC=C/C(C)=C(P)\C(C)=C/CC. The molecule has 0 aromatic rings. The molecular formula is C12H21P. The molecule has 74 valence electrons. The molecule has 0 N–H and O–H groups in total. The molecule has 0 radical (unpaired) electrons. The first-order chi connectivity index (χ1) is 6.13. The minimum Gasteiger partial charge on any atom is -0.105 e. The van der Waals surface area contributed by atoms with Crippen molar-refractivity contribution in [2.24, 2.45) is 0 Å². The highest BCUT2D eigenvalue weighted by molar-refractivity contribution is 7.23. The molecule has 0 spiro atoms. The van der Waals surface area contributed by atoms with E-state index in [1.807, 2.05) is 0 Å². The second-order valence-electron chi connectivity index (χ2n) is 3.20. The lowest BCUT2D eigenvalue weighted by atomic mass is 10.1. The average molecular weight is 196 g/mol. The third-order valence-corrected chi connectivity index (χ3v) is 2.87. The Balaban J connectivity index is 4.60. The largest absolute Gasteiger partial charge is 0.105 e. The molecule has 0 heterocycles. The van der Waals surface area contributed by atoms with E-state index < -0.39 is 0 Å². The molecule has 0 nitrogen and oxygen atoms in total. The summed E-state index contributed by atoms with van der Waals surface area (Å²) in [7, 11) is 2.82. The summed E-state index contributed by atoms with van der Waals surface area (Å²) >= 11 is 0. The van der Waals surface area contributed by atoms with Gasteiger partial charge in [-0.15, -0.1) is 9.24 Å². The summed E-state index contributed by atoms with van der Waals surface area (Å²) < 4.78 is 0. The van der Waals surface area contributed by atoms with Gasteiger partial charge in [0.25, 0.3) is 0 Å². The molecule has 1 heteroatoms. The van der Waals surface area contributed by atoms with Crippen LogP contribution >= 0.6 is 9.24 Å². The van der Waals surface area contributed by atoms with Crippen molar-refractivity contribution in [3.8, 4) is 0 Å². The number of hydrogen-bond donors (Lipinski definition) is 0. The van der Waals surface area contributed by atoms with Crippen molar-refractivity contribution >= 4 is 9.24 Å². The van der Waals surface area contributed by atoms with Crippen LogP contribution < -0.4 is 0 Å². The summed E-state index contributed by atoms with van der Waals surface area (Å²) in [4.78, 5) is 0. The molecule has 0 fully saturated rings. The van der Waals surface area contributed by atoms with Crippen LogP contribution in [0.15, 0.2) is 34.7 Å². The van der Waals surface area contributed by atoms with Crippen LogP contribution in [0.2, 0.25) is 0 Å². The van der Waals surface area contributed by atoms with Crippen LogP contribution in [0.25, 0.3) is 0 Å². The summed E-state index contributed by atoms with van der Waals surface area (Å²) in [6.45, 7) is 8.64. The van der Waals surface area contributed by atoms with Crippen molar-refractivity contribution in [3.05, 3.63) is 34.7 Å². The van der Waals surface area contributed by atoms with Gasteiger partial charge in [-0.2, -0.15) is 0 Å². The zero-order valence-corrected chi connectivity index (χ0v) is 10.4. The lowest BCUT2D eigenvalue weighted by Gasteiger charge is -2.03. The lowest BCUT2D eigenvalue weighted by Crippen LogP contribution is -1.80. The summed E-state index contributed by atoms with van der Waals surface area (Å²) in [5, 5.41) is 1.33. The Bertz CT molecular complexity index is 232. The average Bonchev–Trinajstić information content (AvgIpc) is 2.13. The highest BCUT2D eigenvalue weighted by Crippen LogP contribution is 2.22. The highest BCUT2D eigenvalue weighted by Gasteiger charge is 1.95. The monoisotopic (exact) mass is 196 g/mol. The standard InChI is InChI=1S/C12H21P/c1-5-7-9-11(4)12(13)10(3)8-6-2/h7-9H,5-6,13H2,1-4H3/b9-7?,10-8-,12-11+. The van der Waals surface area contributed by atoms with E-state index in [1.165, 1.54) is 16.5 Å². The van der Waals surface area contributed by atoms with Gasteiger partial charge in [0.05, 0.1) is 0 Å². The van der Waals surface area contributed by atoms with Crippen molar-refractivity contribution < 1.29 is 0 Å². The Morgan fingerprint density at radius 1 is 1.15 bits per heavy atom. The van der Waals surface area contributed by atoms with Gasteiger partial charge >= 0.3 is 0 Å². The first kappa shape index (κ1) is 12.7. The molecule has 0 bridgehead atoms. The maximum Gasteiger partial charge on any atom is -0.0248 e. The van der Waals surface area contributed by atoms with Gasteiger partial charge in [0.2, 0.25) is 0 Å². The highest BCUT2D eigenvalue weighted by atomic mass is 31.0. The second-order valence-corrected chi connectivity index (χ2v) is 3.78. The molecule has 0 rings (SSSR count). The fraction of sp³-hybridized carbons (Fsp3) is 0.500. The summed E-state index contributed by atoms with van der Waals surface area (Å²) in [6.07, 6.45) is 8.85. The third-order valence-electron chi connectivity index (χ3n) is 1.96. The van der Waals surface area contributed by atoms with E-state index in [1.54, 1.807) is 0 Å². The maximum absolute atomic E-state index is 2.82. The zero-order chi connectivity index (χ0) is 10.3. The van der Waals surface area contributed by atoms with Gasteiger partial charge in [0, 0.05) is 0 Å². The van der Waals surface area contributed by atoms with Gasteiger partial charge in [-0.3, -0.25) is 0 Å². The van der Waals surface area contributed by atoms with E-state index in [0.717, 1.165) is 12.8 Å². The van der Waals surface area contributed by atoms with Crippen molar-refractivity contribution in [3.63, 3.8) is 0 Å². The number of allylic oxidation sites excluding steroid dienone is 6. The second kappa shape index (κ2) is 7.09. The van der Waals surface area contributed by atoms with E-state index in [0.29, 0.717) is 0 Å². The lowest BCUT2D eigenvalue weighted by molar-refractivity contribution is 1.19. The van der Waals surface area contributed by atoms with Gasteiger partial charge < -0.3 is 0 Å². The fourth-order valence-corrected chi connectivity index (χ4v) is 1.33. The van der Waals surface area contributed by atoms with Gasteiger partial charge in [-0.1, -0.05) is 32.1 Å². The Hall–Kier alpha value is -0.350. The molecular weight excluding hydrogens is 175 g/mol. The minimum atomic E-state index is 1.10. The predicted octanol–water partition coefficient (Wildman–Crippen LogP) is 4.46. The van der Waals surface area contributed by atoms with Crippen molar-refractivity contribution in [2.75, 3.05) is 0 Å². The molecule has 0 saturated carbocycles. The van der Waals surface area contributed by atoms with E-state index in [9.17, 15) is 0 Å². The van der Waals surface area contributed by atoms with Crippen molar-refractivity contribution in [2.45, 2.75) is 40.5 Å². The van der Waals surface area contributed by atoms with E-state index in [4.69, 9.17) is 0 Å². The minimum absolute atomic E-state index is 1.10. The van der Waals surface area contributed by atoms with Crippen LogP contribution in [0.4, 0.5) is 0 Å². The van der Waals surface area contributed by atoms with E-state index >= 15 is 0 Å². The fourth-order valence-electron chi connectivity index (χ4n) is 1.11. The molecule has 0 aliphatic carbocycles. The number of rotatable bonds is 4. The van der Waals surface area contributed by atoms with Crippen LogP contribution in [0.5, 0.6) is 0 Å². The maximum atomic E-state index is 2.82. The molecule has 1 atom stereocenters. The normalized spacial score (nSPS) is 15.0. The Morgan fingerprint density at radius 2 is 1.77 bits per heavy atom. The Labute approximate surface area is 85.0 Å². The van der Waals surface area contributed by atoms with Gasteiger partial charge in [0.15, 0.2) is 0 Å². The van der Waals surface area contributed by atoms with Crippen LogP contribution in [-0.4, -0.2) is 0 Å². The topological polar surface area (TPSA) is 0 Å². The van der Waals surface area contributed by atoms with Crippen LogP contribution in [-0.2, 0) is 0 Å². The number of hydrogen-bond acceptors (Lipinski definition) is 0. The zero-order valence-electron chi connectivity index (χ0n) is 9.22. The molecule has 0 aliphatic heterocycles. The smallest absolute Gasteiger partial charge is 0.0248 e. The van der Waals surface area contributed by atoms with Crippen LogP contribution in [0.1, 0.15) is 40.5 Å². The van der Waals surface area contributed by atoms with Crippen LogP contribution in [0.3, 0.4) is 0 Å². The quantitative estimate of drug-likeness (QED) is 0.460. The molecule has 13 heavy (non-hydrogen) atoms. The summed E-state index contributed by atoms with van der Waals surface area (Å²) in [5.74, 6) is 0. The Morgan fingerprint density at radius 3 is 2.23 bits per heavy atom. The molecule has 0 saturated heterocycles. The van der Waals surface area contributed by atoms with Gasteiger partial charge in [-0.25, -0.2) is 0 Å². The van der Waals surface area contributed by atoms with Crippen LogP contribution in [0, 0.1) is 0 Å². The van der Waals surface area contributed by atoms with Crippen molar-refractivity contribution in [1.29, 1.82) is 0 Å². The Kier molecular flexibility index (Phi) is 6.90. The van der Waals surface area contributed by atoms with Gasteiger partial charge in [-0.05, 0) is 43.1 Å². The summed E-state index contributed by atoms with van der Waals surface area (Å²) in [6, 6.07) is 0. The predicted molar refractivity (Wildman–Crippen MR) is 65.9 cm³/mol. The molecule has 0 aromatic carbocycles.